The molecule has 8 heteroatoms. The second-order valence-corrected chi connectivity index (χ2v) is 8.00. The van der Waals surface area contributed by atoms with Crippen molar-refractivity contribution in [3.05, 3.63) is 98.4 Å². The minimum absolute atomic E-state index is 0.0808. The van der Waals surface area contributed by atoms with Crippen LogP contribution in [0, 0.1) is 10.1 Å². The topological polar surface area (TPSA) is 99.0 Å². The molecule has 8 nitrogen and oxygen atoms in total. The van der Waals surface area contributed by atoms with Gasteiger partial charge in [0.1, 0.15) is 0 Å². The highest BCUT2D eigenvalue weighted by molar-refractivity contribution is 5.99. The summed E-state index contributed by atoms with van der Waals surface area (Å²) in [5.74, 6) is -1.91. The van der Waals surface area contributed by atoms with E-state index in [9.17, 15) is 19.7 Å². The van der Waals surface area contributed by atoms with E-state index in [1.807, 2.05) is 36.9 Å². The maximum absolute atomic E-state index is 13.0. The first-order chi connectivity index (χ1) is 16.3. The highest BCUT2D eigenvalue weighted by Gasteiger charge is 2.40. The molecule has 0 spiro atoms. The maximum Gasteiger partial charge on any atom is 0.336 e. The number of hydrogen-bond acceptors (Lipinski definition) is 7. The first-order valence-electron chi connectivity index (χ1n) is 10.9. The normalized spacial score (nSPS) is 14.3. The predicted octanol–water partition coefficient (Wildman–Crippen LogP) is 4.52. The van der Waals surface area contributed by atoms with Crippen molar-refractivity contribution < 1.29 is 24.0 Å². The first-order valence-corrected chi connectivity index (χ1v) is 10.9. The van der Waals surface area contributed by atoms with E-state index in [0.717, 1.165) is 12.8 Å². The number of carbonyl (C=O) groups excluding carboxylic acids is 2. The molecule has 1 aliphatic rings. The molecule has 178 valence electrons. The Bertz CT molecular complexity index is 1100. The summed E-state index contributed by atoms with van der Waals surface area (Å²) in [4.78, 5) is 38.5. The molecular formula is C26H28N2O6. The average Bonchev–Trinajstić information content (AvgIpc) is 2.85. The second kappa shape index (κ2) is 10.8. The first kappa shape index (κ1) is 24.7. The number of benzene rings is 2. The number of nitro groups is 1. The van der Waals surface area contributed by atoms with Gasteiger partial charge in [0.25, 0.3) is 5.69 Å². The lowest BCUT2D eigenvalue weighted by atomic mass is 9.79. The zero-order valence-corrected chi connectivity index (χ0v) is 19.7. The Balaban J connectivity index is 2.06. The summed E-state index contributed by atoms with van der Waals surface area (Å²) in [6.07, 6.45) is 1.63. The summed E-state index contributed by atoms with van der Waals surface area (Å²) in [6, 6.07) is 15.9. The number of non-ortho nitro benzene ring substituents is 1. The SMILES string of the molecule is COC(=O)C1=C(C)N(CCCc2ccccc2)C(C)=C(C(=O)OC)C1c1ccc([N+](=O)[O-])cc1. The molecule has 0 saturated carbocycles. The Morgan fingerprint density at radius 1 is 0.912 bits per heavy atom. The number of carbonyl (C=O) groups is 2. The summed E-state index contributed by atoms with van der Waals surface area (Å²) in [7, 11) is 2.58. The number of nitro benzene ring substituents is 1. The van der Waals surface area contributed by atoms with Crippen molar-refractivity contribution in [1.29, 1.82) is 0 Å². The van der Waals surface area contributed by atoms with Crippen LogP contribution in [0.5, 0.6) is 0 Å². The van der Waals surface area contributed by atoms with Gasteiger partial charge in [0.2, 0.25) is 0 Å². The zero-order valence-electron chi connectivity index (χ0n) is 19.7. The minimum atomic E-state index is -0.772. The summed E-state index contributed by atoms with van der Waals surface area (Å²) in [5.41, 5.74) is 3.65. The molecule has 2 aromatic carbocycles. The van der Waals surface area contributed by atoms with Gasteiger partial charge in [0.05, 0.1) is 36.2 Å². The van der Waals surface area contributed by atoms with Crippen LogP contribution in [0.3, 0.4) is 0 Å². The van der Waals surface area contributed by atoms with Crippen LogP contribution in [-0.2, 0) is 25.5 Å². The highest BCUT2D eigenvalue weighted by Crippen LogP contribution is 2.43. The number of aryl methyl sites for hydroxylation is 1. The molecule has 1 aliphatic heterocycles. The molecule has 0 N–H and O–H groups in total. The van der Waals surface area contributed by atoms with Crippen molar-refractivity contribution in [2.45, 2.75) is 32.6 Å². The monoisotopic (exact) mass is 464 g/mol. The van der Waals surface area contributed by atoms with E-state index in [1.165, 1.54) is 31.9 Å². The van der Waals surface area contributed by atoms with Crippen LogP contribution in [0.1, 0.15) is 37.3 Å². The molecule has 0 bridgehead atoms. The van der Waals surface area contributed by atoms with Crippen LogP contribution in [0.15, 0.2) is 77.1 Å². The summed E-state index contributed by atoms with van der Waals surface area (Å²) < 4.78 is 10.2. The molecule has 0 fully saturated rings. The van der Waals surface area contributed by atoms with Gasteiger partial charge in [0, 0.05) is 30.1 Å². The lowest BCUT2D eigenvalue weighted by Crippen LogP contribution is -2.35. The standard InChI is InChI=1S/C26H28N2O6/c1-17-22(25(29)33-3)24(20-12-14-21(15-13-20)28(31)32)23(26(30)34-4)18(2)27(17)16-8-11-19-9-6-5-7-10-19/h5-7,9-10,12-15,24H,8,11,16H2,1-4H3. The number of esters is 2. The zero-order chi connectivity index (χ0) is 24.8. The molecule has 0 radical (unpaired) electrons. The fourth-order valence-electron chi connectivity index (χ4n) is 4.40. The molecule has 34 heavy (non-hydrogen) atoms. The van der Waals surface area contributed by atoms with Gasteiger partial charge < -0.3 is 14.4 Å². The van der Waals surface area contributed by atoms with Gasteiger partial charge in [-0.25, -0.2) is 9.59 Å². The fourth-order valence-corrected chi connectivity index (χ4v) is 4.40. The highest BCUT2D eigenvalue weighted by atomic mass is 16.6. The van der Waals surface area contributed by atoms with Gasteiger partial charge in [-0.1, -0.05) is 42.5 Å². The van der Waals surface area contributed by atoms with E-state index in [0.29, 0.717) is 34.6 Å². The molecule has 3 rings (SSSR count). The van der Waals surface area contributed by atoms with Crippen molar-refractivity contribution in [1.82, 2.24) is 4.90 Å². The molecule has 0 amide bonds. The van der Waals surface area contributed by atoms with Crippen molar-refractivity contribution in [3.8, 4) is 0 Å². The Hall–Kier alpha value is -3.94. The van der Waals surface area contributed by atoms with Gasteiger partial charge in [-0.15, -0.1) is 0 Å². The van der Waals surface area contributed by atoms with Gasteiger partial charge in [-0.3, -0.25) is 10.1 Å². The predicted molar refractivity (Wildman–Crippen MR) is 127 cm³/mol. The van der Waals surface area contributed by atoms with E-state index >= 15 is 0 Å². The van der Waals surface area contributed by atoms with Gasteiger partial charge in [-0.05, 0) is 37.8 Å². The van der Waals surface area contributed by atoms with Crippen molar-refractivity contribution in [3.63, 3.8) is 0 Å². The molecule has 2 aromatic rings. The van der Waals surface area contributed by atoms with Crippen LogP contribution in [0.25, 0.3) is 0 Å². The number of rotatable bonds is 8. The number of methoxy groups -OCH3 is 2. The summed E-state index contributed by atoms with van der Waals surface area (Å²) >= 11 is 0. The Morgan fingerprint density at radius 3 is 1.91 bits per heavy atom. The lowest BCUT2D eigenvalue weighted by molar-refractivity contribution is -0.384. The Labute approximate surface area is 198 Å². The summed E-state index contributed by atoms with van der Waals surface area (Å²) in [6.45, 7) is 4.23. The van der Waals surface area contributed by atoms with E-state index in [4.69, 9.17) is 9.47 Å². The largest absolute Gasteiger partial charge is 0.466 e. The number of ether oxygens (including phenoxy) is 2. The van der Waals surface area contributed by atoms with Gasteiger partial charge in [-0.2, -0.15) is 0 Å². The van der Waals surface area contributed by atoms with Gasteiger partial charge in [0.15, 0.2) is 0 Å². The summed E-state index contributed by atoms with van der Waals surface area (Å²) in [5, 5.41) is 11.1. The number of nitrogens with zero attached hydrogens (tertiary/aromatic N) is 2. The third kappa shape index (κ3) is 5.01. The maximum atomic E-state index is 13.0. The molecule has 0 saturated heterocycles. The average molecular weight is 465 g/mol. The number of allylic oxidation sites excluding steroid dienone is 2. The van der Waals surface area contributed by atoms with Crippen LogP contribution < -0.4 is 0 Å². The molecule has 0 aliphatic carbocycles. The Kier molecular flexibility index (Phi) is 7.83. The molecule has 0 unspecified atom stereocenters. The smallest absolute Gasteiger partial charge is 0.336 e. The lowest BCUT2D eigenvalue weighted by Gasteiger charge is -2.37. The van der Waals surface area contributed by atoms with E-state index < -0.39 is 22.8 Å². The minimum Gasteiger partial charge on any atom is -0.466 e. The number of hydrogen-bond donors (Lipinski definition) is 0. The van der Waals surface area contributed by atoms with Gasteiger partial charge >= 0.3 is 11.9 Å². The molecule has 0 aromatic heterocycles. The van der Waals surface area contributed by atoms with Crippen molar-refractivity contribution in [2.75, 3.05) is 20.8 Å². The third-order valence-corrected chi connectivity index (χ3v) is 6.10. The third-order valence-electron chi connectivity index (χ3n) is 6.10. The van der Waals surface area contributed by atoms with E-state index in [1.54, 1.807) is 12.1 Å². The molecule has 1 heterocycles. The van der Waals surface area contributed by atoms with Crippen LogP contribution in [0.2, 0.25) is 0 Å². The van der Waals surface area contributed by atoms with Crippen LogP contribution in [0.4, 0.5) is 5.69 Å². The van der Waals surface area contributed by atoms with E-state index in [-0.39, 0.29) is 5.69 Å². The van der Waals surface area contributed by atoms with Crippen molar-refractivity contribution >= 4 is 17.6 Å². The van der Waals surface area contributed by atoms with Crippen LogP contribution in [-0.4, -0.2) is 42.5 Å². The van der Waals surface area contributed by atoms with E-state index in [2.05, 4.69) is 12.1 Å². The molecular weight excluding hydrogens is 436 g/mol. The van der Waals surface area contributed by atoms with Crippen molar-refractivity contribution in [2.24, 2.45) is 0 Å². The quantitative estimate of drug-likeness (QED) is 0.322. The second-order valence-electron chi connectivity index (χ2n) is 8.00. The molecule has 0 atom stereocenters. The van der Waals surface area contributed by atoms with Crippen LogP contribution >= 0.6 is 0 Å². The fraction of sp³-hybridized carbons (Fsp3) is 0.308. The Morgan fingerprint density at radius 2 is 1.44 bits per heavy atom.